The first-order chi connectivity index (χ1) is 22.9. The summed E-state index contributed by atoms with van der Waals surface area (Å²) in [6.45, 7) is 13.6. The third kappa shape index (κ3) is 9.43. The van der Waals surface area contributed by atoms with Crippen LogP contribution in [0.4, 0.5) is 0 Å². The Bertz CT molecular complexity index is 1340. The number of carbonyl (C=O) groups is 4. The van der Waals surface area contributed by atoms with Crippen LogP contribution in [0.1, 0.15) is 91.4 Å². The fourth-order valence-electron chi connectivity index (χ4n) is 7.11. The Morgan fingerprint density at radius 3 is 2.22 bits per heavy atom. The Morgan fingerprint density at radius 1 is 1.04 bits per heavy atom. The smallest absolute Gasteiger partial charge is 0.338 e. The zero-order valence-corrected chi connectivity index (χ0v) is 31.1. The lowest BCUT2D eigenvalue weighted by Crippen LogP contribution is -2.60. The van der Waals surface area contributed by atoms with Crippen LogP contribution in [0.5, 0.6) is 0 Å². The Labute approximate surface area is 291 Å². The molecule has 0 bridgehead atoms. The molecule has 2 heterocycles. The van der Waals surface area contributed by atoms with E-state index in [9.17, 15) is 24.3 Å². The molecule has 11 atom stereocenters. The van der Waals surface area contributed by atoms with Crippen molar-refractivity contribution in [1.82, 2.24) is 4.90 Å². The van der Waals surface area contributed by atoms with Crippen LogP contribution in [-0.4, -0.2) is 103 Å². The molecule has 1 aromatic carbocycles. The van der Waals surface area contributed by atoms with Crippen molar-refractivity contribution in [3.05, 3.63) is 47.5 Å². The maximum absolute atomic E-state index is 14.2. The molecule has 0 amide bonds. The monoisotopic (exact) mass is 687 g/mol. The molecule has 0 radical (unpaired) electrons. The van der Waals surface area contributed by atoms with Gasteiger partial charge in [-0.05, 0) is 91.3 Å². The van der Waals surface area contributed by atoms with E-state index in [0.717, 1.165) is 0 Å². The molecule has 274 valence electrons. The van der Waals surface area contributed by atoms with Crippen molar-refractivity contribution < 1.29 is 48.0 Å². The maximum atomic E-state index is 14.2. The standard InChI is InChI=1S/C38H57NO10/c1-12-26-21-37(7,44)29(13-2)47-34(42)25(6)31(41)24(5)33(38(8,45-11)20-22(3)30(26)40)49-36-32(28(39(9)10)19-23(4)46-36)48-35(43)27-17-15-14-16-18-27/h14-18,21-25,28-29,32-33,36,44H,12-13,19-20H2,1-11H3/t22-,23-,24+,25-,28+,29-,32-,33-,36+,37+,38+/m1/s1. The van der Waals surface area contributed by atoms with Gasteiger partial charge in [0.15, 0.2) is 24.0 Å². The molecular formula is C38H57NO10. The first-order valence-corrected chi connectivity index (χ1v) is 17.4. The number of benzene rings is 1. The van der Waals surface area contributed by atoms with E-state index in [1.54, 1.807) is 58.0 Å². The first kappa shape index (κ1) is 40.5. The van der Waals surface area contributed by atoms with Crippen molar-refractivity contribution in [2.75, 3.05) is 21.2 Å². The second kappa shape index (κ2) is 16.8. The van der Waals surface area contributed by atoms with Crippen LogP contribution < -0.4 is 0 Å². The number of methoxy groups -OCH3 is 1. The van der Waals surface area contributed by atoms with Gasteiger partial charge in [0.2, 0.25) is 0 Å². The van der Waals surface area contributed by atoms with Gasteiger partial charge in [0.05, 0.1) is 29.4 Å². The zero-order valence-electron chi connectivity index (χ0n) is 31.1. The zero-order chi connectivity index (χ0) is 36.8. The highest BCUT2D eigenvalue weighted by Gasteiger charge is 2.51. The molecule has 0 aromatic heterocycles. The minimum absolute atomic E-state index is 0.133. The fraction of sp³-hybridized carbons (Fsp3) is 0.684. The Hall–Kier alpha value is -2.96. The molecule has 0 aliphatic carbocycles. The number of hydrogen-bond donors (Lipinski definition) is 1. The predicted molar refractivity (Wildman–Crippen MR) is 184 cm³/mol. The Morgan fingerprint density at radius 2 is 1.67 bits per heavy atom. The largest absolute Gasteiger partial charge is 0.458 e. The van der Waals surface area contributed by atoms with Gasteiger partial charge in [-0.15, -0.1) is 0 Å². The molecule has 0 saturated carbocycles. The normalized spacial score (nSPS) is 36.9. The Balaban J connectivity index is 2.14. The van der Waals surface area contributed by atoms with Crippen molar-refractivity contribution >= 4 is 23.5 Å². The average Bonchev–Trinajstić information content (AvgIpc) is 3.07. The molecule has 2 aliphatic heterocycles. The lowest BCUT2D eigenvalue weighted by Gasteiger charge is -2.47. The van der Waals surface area contributed by atoms with Crippen molar-refractivity contribution in [3.63, 3.8) is 0 Å². The van der Waals surface area contributed by atoms with Gasteiger partial charge in [-0.25, -0.2) is 4.79 Å². The molecule has 1 aromatic rings. The van der Waals surface area contributed by atoms with Gasteiger partial charge < -0.3 is 33.7 Å². The molecule has 49 heavy (non-hydrogen) atoms. The van der Waals surface area contributed by atoms with Crippen LogP contribution in [0.3, 0.4) is 0 Å². The predicted octanol–water partition coefficient (Wildman–Crippen LogP) is 4.93. The van der Waals surface area contributed by atoms with Gasteiger partial charge in [0.25, 0.3) is 0 Å². The molecule has 0 spiro atoms. The average molecular weight is 688 g/mol. The van der Waals surface area contributed by atoms with Crippen LogP contribution in [0.15, 0.2) is 42.0 Å². The summed E-state index contributed by atoms with van der Waals surface area (Å²) in [5.41, 5.74) is -2.16. The summed E-state index contributed by atoms with van der Waals surface area (Å²) in [7, 11) is 5.26. The number of likely N-dealkylation sites (N-methyl/N-ethyl adjacent to an activating group) is 1. The van der Waals surface area contributed by atoms with E-state index < -0.39 is 71.3 Å². The highest BCUT2D eigenvalue weighted by Crippen LogP contribution is 2.38. The van der Waals surface area contributed by atoms with Gasteiger partial charge in [-0.3, -0.25) is 14.4 Å². The highest BCUT2D eigenvalue weighted by molar-refractivity contribution is 6.00. The number of aliphatic hydroxyl groups is 1. The molecule has 0 unspecified atom stereocenters. The third-order valence-corrected chi connectivity index (χ3v) is 10.1. The van der Waals surface area contributed by atoms with E-state index in [1.165, 1.54) is 27.0 Å². The summed E-state index contributed by atoms with van der Waals surface area (Å²) in [6.07, 6.45) is -1.64. The molecule has 1 saturated heterocycles. The van der Waals surface area contributed by atoms with E-state index >= 15 is 0 Å². The number of cyclic esters (lactones) is 1. The van der Waals surface area contributed by atoms with E-state index in [0.29, 0.717) is 24.0 Å². The number of ether oxygens (including phenoxy) is 5. The summed E-state index contributed by atoms with van der Waals surface area (Å²) in [6, 6.07) is 8.33. The summed E-state index contributed by atoms with van der Waals surface area (Å²) >= 11 is 0. The quantitative estimate of drug-likeness (QED) is 0.294. The van der Waals surface area contributed by atoms with Crippen LogP contribution in [0.2, 0.25) is 0 Å². The molecule has 3 rings (SSSR count). The van der Waals surface area contributed by atoms with Gasteiger partial charge in [0, 0.05) is 18.9 Å². The number of ketones is 2. The Kier molecular flexibility index (Phi) is 13.9. The van der Waals surface area contributed by atoms with Crippen LogP contribution in [0.25, 0.3) is 0 Å². The summed E-state index contributed by atoms with van der Waals surface area (Å²) < 4.78 is 31.1. The van der Waals surface area contributed by atoms with E-state index in [-0.39, 0.29) is 30.8 Å². The molecule has 11 heteroatoms. The number of rotatable bonds is 8. The number of Topliss-reactive ketones (excluding diaryl/α,β-unsaturated/α-hetero) is 2. The number of allylic oxidation sites excluding steroid dienone is 1. The third-order valence-electron chi connectivity index (χ3n) is 10.1. The number of esters is 2. The minimum atomic E-state index is -1.65. The number of nitrogens with zero attached hydrogens (tertiary/aromatic N) is 1. The molecule has 1 N–H and O–H groups in total. The fourth-order valence-corrected chi connectivity index (χ4v) is 7.11. The lowest BCUT2D eigenvalue weighted by atomic mass is 9.76. The molecular weight excluding hydrogens is 630 g/mol. The molecule has 1 fully saturated rings. The van der Waals surface area contributed by atoms with Gasteiger partial charge in [-0.2, -0.15) is 0 Å². The SMILES string of the molecule is CCC1=C[C@](C)(O)[C@@H](CC)OC(=O)[C@H](C)C(=O)[C@H](C)[C@@H](O[C@@H]2O[C@H](C)C[C@H](N(C)C)[C@H]2OC(=O)c2ccccc2)[C@@](C)(OC)C[C@@H](C)C1=O. The van der Waals surface area contributed by atoms with Gasteiger partial charge >= 0.3 is 11.9 Å². The number of hydrogen-bond acceptors (Lipinski definition) is 11. The van der Waals surface area contributed by atoms with Crippen LogP contribution >= 0.6 is 0 Å². The lowest BCUT2D eigenvalue weighted by molar-refractivity contribution is -0.294. The van der Waals surface area contributed by atoms with Gasteiger partial charge in [-0.1, -0.05) is 45.9 Å². The summed E-state index contributed by atoms with van der Waals surface area (Å²) in [5.74, 6) is -4.82. The van der Waals surface area contributed by atoms with E-state index in [1.807, 2.05) is 32.8 Å². The van der Waals surface area contributed by atoms with Crippen molar-refractivity contribution in [3.8, 4) is 0 Å². The topological polar surface area (TPSA) is 138 Å². The van der Waals surface area contributed by atoms with E-state index in [4.69, 9.17) is 23.7 Å². The maximum Gasteiger partial charge on any atom is 0.338 e. The van der Waals surface area contributed by atoms with Crippen molar-refractivity contribution in [2.24, 2.45) is 17.8 Å². The van der Waals surface area contributed by atoms with Crippen molar-refractivity contribution in [2.45, 2.75) is 129 Å². The van der Waals surface area contributed by atoms with Crippen LogP contribution in [-0.2, 0) is 38.1 Å². The second-order valence-corrected chi connectivity index (χ2v) is 14.4. The number of carbonyl (C=O) groups excluding carboxylic acids is 4. The molecule has 2 aliphatic rings. The minimum Gasteiger partial charge on any atom is -0.458 e. The summed E-state index contributed by atoms with van der Waals surface area (Å²) in [4.78, 5) is 56.9. The van der Waals surface area contributed by atoms with Crippen molar-refractivity contribution in [1.29, 1.82) is 0 Å². The second-order valence-electron chi connectivity index (χ2n) is 14.4. The van der Waals surface area contributed by atoms with E-state index in [2.05, 4.69) is 0 Å². The summed E-state index contributed by atoms with van der Waals surface area (Å²) in [5, 5.41) is 11.4. The highest BCUT2D eigenvalue weighted by atomic mass is 16.7. The van der Waals surface area contributed by atoms with Crippen LogP contribution in [0, 0.1) is 17.8 Å². The van der Waals surface area contributed by atoms with Gasteiger partial charge in [0.1, 0.15) is 17.6 Å². The molecule has 11 nitrogen and oxygen atoms in total. The first-order valence-electron chi connectivity index (χ1n) is 17.4.